The molecule has 1 aromatic rings. The van der Waals surface area contributed by atoms with Gasteiger partial charge >= 0.3 is 46.3 Å². The third kappa shape index (κ3) is 8.18. The molecule has 9 atom stereocenters. The van der Waals surface area contributed by atoms with E-state index in [1.165, 1.54) is 0 Å². The number of allylic oxidation sites excluding steroid dienone is 3. The summed E-state index contributed by atoms with van der Waals surface area (Å²) >= 11 is 0. The summed E-state index contributed by atoms with van der Waals surface area (Å²) in [5.41, 5.74) is 4.03. The molecule has 1 spiro atoms. The third-order valence-corrected chi connectivity index (χ3v) is 14.2. The van der Waals surface area contributed by atoms with Crippen molar-refractivity contribution < 1.29 is 80.4 Å². The number of nitrogens with one attached hydrogen (secondary N) is 1. The van der Waals surface area contributed by atoms with Crippen LogP contribution >= 0.6 is 0 Å². The van der Waals surface area contributed by atoms with Gasteiger partial charge in [-0.1, -0.05) is 25.0 Å². The molecule has 3 saturated heterocycles. The third-order valence-electron chi connectivity index (χ3n) is 14.2. The van der Waals surface area contributed by atoms with E-state index in [1.807, 2.05) is 6.92 Å². The Balaban J connectivity index is 0.00000641. The number of nitrogens with two attached hydrogens (primary N) is 1. The average molecular weight is 905 g/mol. The molecule has 0 aromatic carbocycles. The number of carbonyl (C=O) groups is 8. The van der Waals surface area contributed by atoms with Crippen LogP contribution in [0.25, 0.3) is 16.2 Å². The molecule has 9 unspecified atom stereocenters. The molecule has 1 radical (unpaired) electrons. The second-order valence-electron chi connectivity index (χ2n) is 17.8. The molecule has 0 saturated carbocycles. The van der Waals surface area contributed by atoms with Gasteiger partial charge in [-0.3, -0.25) is 43.3 Å². The van der Waals surface area contributed by atoms with E-state index in [9.17, 15) is 63.9 Å². The maximum atomic E-state index is 14.2. The number of hydrogen-bond donors (Lipinski definition) is 7. The van der Waals surface area contributed by atoms with Crippen molar-refractivity contribution >= 4 is 58.7 Å². The molecule has 8 N–H and O–H groups in total. The van der Waals surface area contributed by atoms with Gasteiger partial charge in [-0.05, 0) is 78.8 Å². The molecule has 1 aromatic heterocycles. The molecule has 6 heterocycles. The molecule has 62 heavy (non-hydrogen) atoms. The van der Waals surface area contributed by atoms with Crippen LogP contribution in [0.4, 0.5) is 0 Å². The fraction of sp³-hybridized carbons (Fsp3) is 0.595. The minimum Gasteiger partial charge on any atom is -0.664 e. The normalized spacial score (nSPS) is 32.7. The van der Waals surface area contributed by atoms with Gasteiger partial charge in [0.05, 0.1) is 18.9 Å². The smallest absolute Gasteiger partial charge is 0.664 e. The largest absolute Gasteiger partial charge is 3.00 e. The number of fused-ring (bicyclic) bond motifs is 5. The minimum absolute atomic E-state index is 0. The second kappa shape index (κ2) is 17.1. The summed E-state index contributed by atoms with van der Waals surface area (Å²) in [6.45, 7) is 3.57. The van der Waals surface area contributed by atoms with Gasteiger partial charge in [0.15, 0.2) is 5.78 Å². The van der Waals surface area contributed by atoms with Gasteiger partial charge in [0.25, 0.3) is 0 Å². The summed E-state index contributed by atoms with van der Waals surface area (Å²) in [7, 11) is 0. The van der Waals surface area contributed by atoms with Crippen molar-refractivity contribution in [3.63, 3.8) is 0 Å². The van der Waals surface area contributed by atoms with Crippen molar-refractivity contribution in [1.82, 2.24) is 10.3 Å². The number of aromatic nitrogens is 1. The topological polar surface area (TPSA) is 330 Å². The molecule has 19 nitrogen and oxygen atoms in total. The summed E-state index contributed by atoms with van der Waals surface area (Å²) in [6, 6.07) is -1.69. The molecular formula is C42H49N6NiO13. The maximum Gasteiger partial charge on any atom is 3.00 e. The van der Waals surface area contributed by atoms with Crippen LogP contribution in [0.1, 0.15) is 107 Å². The van der Waals surface area contributed by atoms with Crippen LogP contribution < -0.4 is 16.0 Å². The number of aliphatic imine (C=N–C) groups is 1. The Bertz CT molecular complexity index is 2230. The van der Waals surface area contributed by atoms with Crippen molar-refractivity contribution in [2.24, 2.45) is 45.2 Å². The first kappa shape index (κ1) is 46.2. The Hall–Kier alpha value is -5.36. The predicted octanol–water partition coefficient (Wildman–Crippen LogP) is 2.93. The number of ketones is 1. The van der Waals surface area contributed by atoms with Crippen LogP contribution in [-0.4, -0.2) is 96.4 Å². The number of amides is 2. The van der Waals surface area contributed by atoms with Crippen molar-refractivity contribution in [3.05, 3.63) is 50.6 Å². The van der Waals surface area contributed by atoms with Gasteiger partial charge in [-0.2, -0.15) is 5.70 Å². The number of nitrogens with zero attached hydrogens (tertiary/aromatic N) is 4. The Morgan fingerprint density at radius 1 is 0.871 bits per heavy atom. The van der Waals surface area contributed by atoms with Crippen molar-refractivity contribution in [3.8, 4) is 0 Å². The van der Waals surface area contributed by atoms with Crippen LogP contribution in [0, 0.1) is 34.5 Å². The first-order valence-electron chi connectivity index (χ1n) is 20.5. The maximum absolute atomic E-state index is 14.2. The molecule has 2 amide bonds. The van der Waals surface area contributed by atoms with E-state index in [-0.39, 0.29) is 121 Å². The second-order valence-corrected chi connectivity index (χ2v) is 17.8. The zero-order valence-corrected chi connectivity index (χ0v) is 35.1. The van der Waals surface area contributed by atoms with Gasteiger partial charge in [0.2, 0.25) is 11.8 Å². The Labute approximate surface area is 365 Å². The molecule has 20 heteroatoms. The van der Waals surface area contributed by atoms with Gasteiger partial charge in [-0.25, -0.2) is 0 Å². The molecule has 7 rings (SSSR count). The van der Waals surface area contributed by atoms with E-state index in [4.69, 9.17) is 26.3 Å². The Morgan fingerprint density at radius 3 is 2.13 bits per heavy atom. The number of aliphatic carboxylic acids is 5. The zero-order valence-electron chi connectivity index (χ0n) is 34.1. The van der Waals surface area contributed by atoms with Crippen LogP contribution in [0.2, 0.25) is 0 Å². The van der Waals surface area contributed by atoms with E-state index in [0.717, 1.165) is 0 Å². The van der Waals surface area contributed by atoms with Crippen molar-refractivity contribution in [1.29, 1.82) is 0 Å². The van der Waals surface area contributed by atoms with Gasteiger partial charge in [0.1, 0.15) is 0 Å². The number of primary amides is 1. The van der Waals surface area contributed by atoms with Gasteiger partial charge in [-0.15, -0.1) is 29.2 Å². The van der Waals surface area contributed by atoms with Crippen LogP contribution in [0.15, 0.2) is 22.5 Å². The summed E-state index contributed by atoms with van der Waals surface area (Å²) in [5.74, 6) is -10.5. The number of rotatable bonds is 15. The van der Waals surface area contributed by atoms with E-state index >= 15 is 0 Å². The standard InChI is InChI=1S/C42H50N6O13.Ni/c1-40(16-30(43)50)22(5-9-33(54)55)27-15-42-41(2,17-31(51)48-42)23(6-10-34(56)57)26(47-42)13-24-20(11-35(58)59)19(4-8-32(52)53)39(45-24)37-28(49)7-3-18-21(12-36(60)61)25(46-38(18)37)14-29(40)44-27;/h13,19-20,22-23,26-27H,3-12,14-17H2,1-2H3,(H9,43,45,48,49,50,51,52,53,54,55,56,57,58,59,60,61);/q-2;+3/p-1/b24-13-;. The predicted molar refractivity (Wildman–Crippen MR) is 212 cm³/mol. The van der Waals surface area contributed by atoms with Crippen molar-refractivity contribution in [2.75, 3.05) is 0 Å². The van der Waals surface area contributed by atoms with Crippen LogP contribution in [0.3, 0.4) is 0 Å². The molecular weight excluding hydrogens is 855 g/mol. The number of carbonyl (C=O) groups excluding carboxylic acids is 3. The van der Waals surface area contributed by atoms with E-state index in [2.05, 4.69) is 5.32 Å². The monoisotopic (exact) mass is 903 g/mol. The number of carboxylic acid groups (broad SMARTS) is 5. The quantitative estimate of drug-likeness (QED) is 0.125. The fourth-order valence-electron chi connectivity index (χ4n) is 11.5. The fourth-order valence-corrected chi connectivity index (χ4v) is 11.5. The molecule has 8 bridgehead atoms. The van der Waals surface area contributed by atoms with Crippen LogP contribution in [-0.2, 0) is 74.1 Å². The minimum atomic E-state index is -1.44. The number of carboxylic acids is 5. The van der Waals surface area contributed by atoms with E-state index in [0.29, 0.717) is 16.8 Å². The molecule has 5 aliphatic heterocycles. The number of Topliss-reactive ketones (excluding diaryl/α,β-unsaturated/α-hetero) is 1. The number of hydrogen-bond acceptors (Lipinski definition) is 9. The summed E-state index contributed by atoms with van der Waals surface area (Å²) in [4.78, 5) is 112. The average Bonchev–Trinajstić information content (AvgIpc) is 3.83. The summed E-state index contributed by atoms with van der Waals surface area (Å²) < 4.78 is 0. The Morgan fingerprint density at radius 2 is 1.52 bits per heavy atom. The van der Waals surface area contributed by atoms with E-state index < -0.39 is 113 Å². The molecule has 335 valence electrons. The molecule has 1 aliphatic carbocycles. The van der Waals surface area contributed by atoms with Crippen molar-refractivity contribution in [2.45, 2.75) is 121 Å². The Kier molecular flexibility index (Phi) is 12.7. The van der Waals surface area contributed by atoms with Crippen LogP contribution in [0.5, 0.6) is 0 Å². The SMILES string of the molecule is CC1(CC(N)=O)C2=NC(CC34[N-]C(/C=C5\[N-]C(=C6C(=O)CCc7c6[n-]c(c7CC(=O)O)C2)C(CCC(=O)O)C5CC(=O)O)C(CCC(=O)O)C3(C)CC(=O)N4)C1CCC(=O)O.[Ni+3]. The molecule has 3 fully saturated rings. The first-order chi connectivity index (χ1) is 28.7. The van der Waals surface area contributed by atoms with E-state index in [1.54, 1.807) is 13.0 Å². The summed E-state index contributed by atoms with van der Waals surface area (Å²) in [6.07, 6.45) is -0.909. The molecule has 6 aliphatic rings. The summed E-state index contributed by atoms with van der Waals surface area (Å²) in [5, 5.41) is 63.3. The zero-order chi connectivity index (χ0) is 44.3. The van der Waals surface area contributed by atoms with Gasteiger partial charge < -0.3 is 52.2 Å². The van der Waals surface area contributed by atoms with Gasteiger partial charge in [0, 0.05) is 49.7 Å². The first-order valence-corrected chi connectivity index (χ1v) is 20.5.